The molecule has 1 aliphatic carbocycles. The van der Waals surface area contributed by atoms with Crippen molar-refractivity contribution in [3.8, 4) is 17.0 Å². The molecule has 7 heteroatoms. The van der Waals surface area contributed by atoms with Crippen LogP contribution in [0.1, 0.15) is 12.8 Å². The molecule has 0 bridgehead atoms. The number of ether oxygens (including phenoxy) is 1. The number of likely N-dealkylation sites (tertiary alicyclic amines) is 1. The highest BCUT2D eigenvalue weighted by atomic mass is 16.5. The van der Waals surface area contributed by atoms with Gasteiger partial charge in [-0.25, -0.2) is 0 Å². The van der Waals surface area contributed by atoms with E-state index in [1.54, 1.807) is 30.5 Å². The number of anilines is 1. The number of nitrogens with one attached hydrogen (secondary N) is 1. The number of hydrogen-bond donors (Lipinski definition) is 1. The van der Waals surface area contributed by atoms with Gasteiger partial charge in [0.1, 0.15) is 11.4 Å². The quantitative estimate of drug-likeness (QED) is 0.744. The molecule has 0 atom stereocenters. The molecule has 1 N–H and O–H groups in total. The summed E-state index contributed by atoms with van der Waals surface area (Å²) in [6, 6.07) is 5.66. The van der Waals surface area contributed by atoms with Crippen LogP contribution in [0.15, 0.2) is 48.0 Å². The lowest BCUT2D eigenvalue weighted by Gasteiger charge is -2.46. The van der Waals surface area contributed by atoms with Crippen LogP contribution in [0.3, 0.4) is 0 Å². The number of rotatable bonds is 7. The molecular weight excluding hydrogens is 356 g/mol. The lowest BCUT2D eigenvalue weighted by atomic mass is 10.0. The summed E-state index contributed by atoms with van der Waals surface area (Å²) < 4.78 is 5.28. The van der Waals surface area contributed by atoms with Crippen molar-refractivity contribution in [3.05, 3.63) is 53.6 Å². The van der Waals surface area contributed by atoms with Gasteiger partial charge < -0.3 is 19.5 Å². The molecule has 1 saturated carbocycles. The van der Waals surface area contributed by atoms with Gasteiger partial charge in [0.15, 0.2) is 0 Å². The fourth-order valence-corrected chi connectivity index (χ4v) is 3.51. The molecule has 1 saturated heterocycles. The van der Waals surface area contributed by atoms with E-state index >= 15 is 0 Å². The number of pyridine rings is 2. The number of aromatic amines is 1. The van der Waals surface area contributed by atoms with Crippen molar-refractivity contribution in [2.45, 2.75) is 18.9 Å². The van der Waals surface area contributed by atoms with Crippen molar-refractivity contribution in [3.63, 3.8) is 0 Å². The summed E-state index contributed by atoms with van der Waals surface area (Å²) in [5.74, 6) is 1.26. The largest absolute Gasteiger partial charge is 0.497 e. The molecule has 2 aromatic heterocycles. The normalized spacial score (nSPS) is 16.4. The number of carbonyl (C=O) groups is 1. The van der Waals surface area contributed by atoms with Gasteiger partial charge in [0.25, 0.3) is 5.56 Å². The van der Waals surface area contributed by atoms with Crippen LogP contribution in [0.5, 0.6) is 5.75 Å². The third kappa shape index (κ3) is 3.65. The molecule has 7 nitrogen and oxygen atoms in total. The Labute approximate surface area is 163 Å². The summed E-state index contributed by atoms with van der Waals surface area (Å²) in [6.45, 7) is 5.60. The van der Waals surface area contributed by atoms with Crippen molar-refractivity contribution in [2.24, 2.45) is 5.92 Å². The predicted molar refractivity (Wildman–Crippen MR) is 107 cm³/mol. The van der Waals surface area contributed by atoms with Crippen LogP contribution < -0.4 is 15.2 Å². The van der Waals surface area contributed by atoms with Gasteiger partial charge in [0.05, 0.1) is 18.8 Å². The molecule has 2 fully saturated rings. The van der Waals surface area contributed by atoms with Crippen LogP contribution in [0, 0.1) is 5.92 Å². The Kier molecular flexibility index (Phi) is 4.90. The minimum absolute atomic E-state index is 0.0640. The molecule has 0 spiro atoms. The summed E-state index contributed by atoms with van der Waals surface area (Å²) >= 11 is 0. The van der Waals surface area contributed by atoms with Crippen LogP contribution >= 0.6 is 0 Å². The summed E-state index contributed by atoms with van der Waals surface area (Å²) in [6.07, 6.45) is 7.08. The SMILES string of the molecule is C=CC(=O)N1CC(N(CC2CC2)c2cc(-c3cc(OC)ccn3)c[nH]c2=O)C1. The Bertz CT molecular complexity index is 945. The maximum atomic E-state index is 12.6. The van der Waals surface area contributed by atoms with E-state index in [0.717, 1.165) is 17.8 Å². The van der Waals surface area contributed by atoms with Gasteiger partial charge in [-0.15, -0.1) is 0 Å². The van der Waals surface area contributed by atoms with E-state index in [-0.39, 0.29) is 17.5 Å². The summed E-state index contributed by atoms with van der Waals surface area (Å²) in [5.41, 5.74) is 2.07. The van der Waals surface area contributed by atoms with Crippen LogP contribution in [0.25, 0.3) is 11.3 Å². The molecule has 2 aliphatic rings. The number of amides is 1. The average Bonchev–Trinajstić information content (AvgIpc) is 3.50. The highest BCUT2D eigenvalue weighted by molar-refractivity contribution is 5.87. The van der Waals surface area contributed by atoms with Crippen LogP contribution in [-0.4, -0.2) is 53.6 Å². The molecule has 0 aromatic carbocycles. The number of aromatic nitrogens is 2. The number of H-pyrrole nitrogens is 1. The second-order valence-corrected chi connectivity index (χ2v) is 7.38. The van der Waals surface area contributed by atoms with Gasteiger partial charge in [0, 0.05) is 43.7 Å². The van der Waals surface area contributed by atoms with Gasteiger partial charge >= 0.3 is 0 Å². The molecule has 1 amide bonds. The maximum absolute atomic E-state index is 12.6. The van der Waals surface area contributed by atoms with Crippen LogP contribution in [0.2, 0.25) is 0 Å². The number of hydrogen-bond acceptors (Lipinski definition) is 5. The number of methoxy groups -OCH3 is 1. The van der Waals surface area contributed by atoms with Gasteiger partial charge in [-0.2, -0.15) is 0 Å². The van der Waals surface area contributed by atoms with E-state index < -0.39 is 0 Å². The minimum atomic E-state index is -0.124. The van der Waals surface area contributed by atoms with Crippen LogP contribution in [0.4, 0.5) is 5.69 Å². The van der Waals surface area contributed by atoms with Crippen molar-refractivity contribution in [1.82, 2.24) is 14.9 Å². The standard InChI is InChI=1S/C21H24N4O3/c1-3-20(26)24-12-16(13-24)25(11-14-4-5-14)19-8-15(10-23-21(19)27)18-9-17(28-2)6-7-22-18/h3,6-10,14,16H,1,4-5,11-13H2,2H3,(H,23,27). The lowest BCUT2D eigenvalue weighted by molar-refractivity contribution is -0.130. The van der Waals surface area contributed by atoms with Crippen molar-refractivity contribution < 1.29 is 9.53 Å². The average molecular weight is 380 g/mol. The highest BCUT2D eigenvalue weighted by Crippen LogP contribution is 2.34. The molecule has 146 valence electrons. The topological polar surface area (TPSA) is 78.5 Å². The molecule has 0 radical (unpaired) electrons. The zero-order valence-corrected chi connectivity index (χ0v) is 15.9. The van der Waals surface area contributed by atoms with E-state index in [1.807, 2.05) is 12.1 Å². The van der Waals surface area contributed by atoms with E-state index in [9.17, 15) is 9.59 Å². The Morgan fingerprint density at radius 1 is 1.43 bits per heavy atom. The van der Waals surface area contributed by atoms with E-state index in [2.05, 4.69) is 21.4 Å². The zero-order valence-electron chi connectivity index (χ0n) is 15.9. The van der Waals surface area contributed by atoms with Gasteiger partial charge in [-0.05, 0) is 37.0 Å². The Morgan fingerprint density at radius 2 is 2.21 bits per heavy atom. The first-order valence-electron chi connectivity index (χ1n) is 9.50. The molecule has 2 aromatic rings. The molecule has 28 heavy (non-hydrogen) atoms. The smallest absolute Gasteiger partial charge is 0.271 e. The molecule has 3 heterocycles. The Balaban J connectivity index is 1.63. The molecule has 4 rings (SSSR count). The summed E-state index contributed by atoms with van der Waals surface area (Å²) in [5, 5.41) is 0. The number of carbonyl (C=O) groups excluding carboxylic acids is 1. The third-order valence-electron chi connectivity index (χ3n) is 5.40. The van der Waals surface area contributed by atoms with Gasteiger partial charge in [0.2, 0.25) is 5.91 Å². The Hall–Kier alpha value is -3.09. The monoisotopic (exact) mass is 380 g/mol. The number of nitrogens with zero attached hydrogens (tertiary/aromatic N) is 3. The molecule has 1 aliphatic heterocycles. The fraction of sp³-hybridized carbons (Fsp3) is 0.381. The third-order valence-corrected chi connectivity index (χ3v) is 5.40. The van der Waals surface area contributed by atoms with Crippen molar-refractivity contribution >= 4 is 11.6 Å². The van der Waals surface area contributed by atoms with Crippen molar-refractivity contribution in [2.75, 3.05) is 31.6 Å². The first kappa shape index (κ1) is 18.3. The molecular formula is C21H24N4O3. The zero-order chi connectivity index (χ0) is 19.7. The van der Waals surface area contributed by atoms with Crippen LogP contribution in [-0.2, 0) is 4.79 Å². The van der Waals surface area contributed by atoms with E-state index in [4.69, 9.17) is 4.74 Å². The summed E-state index contributed by atoms with van der Waals surface area (Å²) in [4.78, 5) is 35.6. The predicted octanol–water partition coefficient (Wildman–Crippen LogP) is 2.06. The fourth-order valence-electron chi connectivity index (χ4n) is 3.51. The minimum Gasteiger partial charge on any atom is -0.497 e. The first-order chi connectivity index (χ1) is 13.6. The second-order valence-electron chi connectivity index (χ2n) is 7.38. The van der Waals surface area contributed by atoms with Gasteiger partial charge in [-0.3, -0.25) is 14.6 Å². The maximum Gasteiger partial charge on any atom is 0.271 e. The highest BCUT2D eigenvalue weighted by Gasteiger charge is 2.37. The lowest BCUT2D eigenvalue weighted by Crippen LogP contribution is -2.62. The second kappa shape index (κ2) is 7.50. The molecule has 0 unspecified atom stereocenters. The van der Waals surface area contributed by atoms with Gasteiger partial charge in [-0.1, -0.05) is 6.58 Å². The summed E-state index contributed by atoms with van der Waals surface area (Å²) in [7, 11) is 1.61. The van der Waals surface area contributed by atoms with Crippen molar-refractivity contribution in [1.29, 1.82) is 0 Å². The van der Waals surface area contributed by atoms with E-state index in [0.29, 0.717) is 30.4 Å². The van der Waals surface area contributed by atoms with E-state index in [1.165, 1.54) is 18.9 Å². The Morgan fingerprint density at radius 3 is 2.89 bits per heavy atom. The first-order valence-corrected chi connectivity index (χ1v) is 9.50.